The lowest BCUT2D eigenvalue weighted by molar-refractivity contribution is -0.129. The summed E-state index contributed by atoms with van der Waals surface area (Å²) in [5, 5.41) is 3.76. The molecule has 18 heavy (non-hydrogen) atoms. The highest BCUT2D eigenvalue weighted by molar-refractivity contribution is 6.04. The number of nitrogens with zero attached hydrogens (tertiary/aromatic N) is 3. The van der Waals surface area contributed by atoms with E-state index in [0.29, 0.717) is 12.3 Å². The predicted octanol–water partition coefficient (Wildman–Crippen LogP) is 1.30. The van der Waals surface area contributed by atoms with Crippen LogP contribution in [-0.2, 0) is 11.3 Å². The number of imide groups is 1. The summed E-state index contributed by atoms with van der Waals surface area (Å²) in [5.41, 5.74) is 0.752. The maximum absolute atomic E-state index is 12.2. The minimum Gasteiger partial charge on any atom is -0.359 e. The highest BCUT2D eigenvalue weighted by atomic mass is 16.5. The van der Waals surface area contributed by atoms with Gasteiger partial charge >= 0.3 is 6.03 Å². The number of rotatable bonds is 2. The van der Waals surface area contributed by atoms with Crippen LogP contribution in [0.2, 0.25) is 0 Å². The van der Waals surface area contributed by atoms with Crippen molar-refractivity contribution in [2.45, 2.75) is 38.8 Å². The molecule has 0 N–H and O–H groups in total. The van der Waals surface area contributed by atoms with Gasteiger partial charge in [-0.05, 0) is 26.2 Å². The SMILES string of the molecule is Cc1cc(CN2C(=O)C3CCCCN3C2=O)on1. The highest BCUT2D eigenvalue weighted by Gasteiger charge is 2.45. The summed E-state index contributed by atoms with van der Waals surface area (Å²) in [6.45, 7) is 2.68. The van der Waals surface area contributed by atoms with Crippen LogP contribution < -0.4 is 0 Å². The lowest BCUT2D eigenvalue weighted by Crippen LogP contribution is -2.38. The molecule has 3 amide bonds. The van der Waals surface area contributed by atoms with Crippen molar-refractivity contribution in [2.24, 2.45) is 0 Å². The number of carbonyl (C=O) groups excluding carboxylic acids is 2. The Bertz CT molecular complexity index is 473. The molecule has 2 saturated heterocycles. The van der Waals surface area contributed by atoms with Gasteiger partial charge in [-0.15, -0.1) is 0 Å². The first-order chi connectivity index (χ1) is 8.66. The molecular formula is C12H15N3O3. The number of amides is 3. The van der Waals surface area contributed by atoms with Gasteiger partial charge in [0.2, 0.25) is 0 Å². The van der Waals surface area contributed by atoms with Gasteiger partial charge in [0.15, 0.2) is 5.76 Å². The molecule has 1 unspecified atom stereocenters. The van der Waals surface area contributed by atoms with E-state index in [2.05, 4.69) is 5.16 Å². The van der Waals surface area contributed by atoms with Gasteiger partial charge in [0.25, 0.3) is 5.91 Å². The fourth-order valence-corrected chi connectivity index (χ4v) is 2.64. The van der Waals surface area contributed by atoms with Crippen LogP contribution in [0.4, 0.5) is 4.79 Å². The number of fused-ring (bicyclic) bond motifs is 1. The van der Waals surface area contributed by atoms with Crippen molar-refractivity contribution < 1.29 is 14.1 Å². The molecule has 1 aromatic rings. The van der Waals surface area contributed by atoms with Gasteiger partial charge < -0.3 is 9.42 Å². The molecular weight excluding hydrogens is 234 g/mol. The molecule has 3 heterocycles. The summed E-state index contributed by atoms with van der Waals surface area (Å²) in [7, 11) is 0. The Kier molecular flexibility index (Phi) is 2.57. The van der Waals surface area contributed by atoms with Gasteiger partial charge in [-0.25, -0.2) is 4.79 Å². The second-order valence-electron chi connectivity index (χ2n) is 4.85. The van der Waals surface area contributed by atoms with E-state index in [1.165, 1.54) is 4.90 Å². The third-order valence-electron chi connectivity index (χ3n) is 3.52. The fourth-order valence-electron chi connectivity index (χ4n) is 2.64. The summed E-state index contributed by atoms with van der Waals surface area (Å²) in [4.78, 5) is 27.2. The summed E-state index contributed by atoms with van der Waals surface area (Å²) >= 11 is 0. The highest BCUT2D eigenvalue weighted by Crippen LogP contribution is 2.27. The smallest absolute Gasteiger partial charge is 0.327 e. The average Bonchev–Trinajstić information content (AvgIpc) is 2.88. The van der Waals surface area contributed by atoms with E-state index < -0.39 is 0 Å². The van der Waals surface area contributed by atoms with Crippen molar-refractivity contribution >= 4 is 11.9 Å². The minimum absolute atomic E-state index is 0.103. The number of urea groups is 1. The van der Waals surface area contributed by atoms with E-state index in [1.54, 1.807) is 11.0 Å². The quantitative estimate of drug-likeness (QED) is 0.741. The predicted molar refractivity (Wildman–Crippen MR) is 61.5 cm³/mol. The third kappa shape index (κ3) is 1.68. The zero-order valence-corrected chi connectivity index (χ0v) is 10.3. The number of hydrogen-bond acceptors (Lipinski definition) is 4. The molecule has 96 valence electrons. The standard InChI is InChI=1S/C12H15N3O3/c1-8-6-9(18-13-8)7-15-11(16)10-4-2-3-5-14(10)12(15)17/h6,10H,2-5,7H2,1H3. The lowest BCUT2D eigenvalue weighted by atomic mass is 10.0. The summed E-state index contributed by atoms with van der Waals surface area (Å²) in [5.74, 6) is 0.447. The largest absolute Gasteiger partial charge is 0.359 e. The maximum atomic E-state index is 12.2. The van der Waals surface area contributed by atoms with Crippen molar-refractivity contribution in [1.29, 1.82) is 0 Å². The molecule has 0 aromatic carbocycles. The monoisotopic (exact) mass is 249 g/mol. The zero-order valence-electron chi connectivity index (χ0n) is 10.3. The van der Waals surface area contributed by atoms with E-state index in [0.717, 1.165) is 25.0 Å². The summed E-state index contributed by atoms with van der Waals surface area (Å²) < 4.78 is 5.06. The Morgan fingerprint density at radius 3 is 2.94 bits per heavy atom. The van der Waals surface area contributed by atoms with Crippen LogP contribution in [0.25, 0.3) is 0 Å². The number of carbonyl (C=O) groups is 2. The molecule has 0 saturated carbocycles. The molecule has 2 aliphatic heterocycles. The molecule has 3 rings (SSSR count). The molecule has 6 heteroatoms. The van der Waals surface area contributed by atoms with Crippen molar-refractivity contribution in [2.75, 3.05) is 6.54 Å². The van der Waals surface area contributed by atoms with Gasteiger partial charge in [-0.2, -0.15) is 0 Å². The van der Waals surface area contributed by atoms with Gasteiger partial charge in [0.05, 0.1) is 12.2 Å². The summed E-state index contributed by atoms with van der Waals surface area (Å²) in [6.07, 6.45) is 2.76. The Morgan fingerprint density at radius 1 is 1.44 bits per heavy atom. The Labute approximate surface area is 105 Å². The Balaban J connectivity index is 1.80. The van der Waals surface area contributed by atoms with Gasteiger partial charge in [0, 0.05) is 12.6 Å². The molecule has 0 aliphatic carbocycles. The van der Waals surface area contributed by atoms with Crippen LogP contribution in [-0.4, -0.2) is 39.5 Å². The number of aromatic nitrogens is 1. The number of hydrogen-bond donors (Lipinski definition) is 0. The van der Waals surface area contributed by atoms with E-state index in [1.807, 2.05) is 6.92 Å². The lowest BCUT2D eigenvalue weighted by Gasteiger charge is -2.25. The Hall–Kier alpha value is -1.85. The van der Waals surface area contributed by atoms with Crippen LogP contribution in [0.1, 0.15) is 30.7 Å². The first-order valence-corrected chi connectivity index (χ1v) is 6.21. The molecule has 0 bridgehead atoms. The van der Waals surface area contributed by atoms with Crippen LogP contribution in [0, 0.1) is 6.92 Å². The fraction of sp³-hybridized carbons (Fsp3) is 0.583. The van der Waals surface area contributed by atoms with Crippen molar-refractivity contribution in [1.82, 2.24) is 15.0 Å². The van der Waals surface area contributed by atoms with Gasteiger partial charge in [0.1, 0.15) is 6.04 Å². The van der Waals surface area contributed by atoms with Crippen LogP contribution in [0.3, 0.4) is 0 Å². The molecule has 0 radical (unpaired) electrons. The van der Waals surface area contributed by atoms with E-state index >= 15 is 0 Å². The second-order valence-corrected chi connectivity index (χ2v) is 4.85. The van der Waals surface area contributed by atoms with Crippen molar-refractivity contribution in [3.05, 3.63) is 17.5 Å². The molecule has 2 aliphatic rings. The first kappa shape index (κ1) is 11.3. The first-order valence-electron chi connectivity index (χ1n) is 6.21. The minimum atomic E-state index is -0.254. The molecule has 0 spiro atoms. The molecule has 6 nitrogen and oxygen atoms in total. The van der Waals surface area contributed by atoms with Crippen molar-refractivity contribution in [3.8, 4) is 0 Å². The van der Waals surface area contributed by atoms with Crippen LogP contribution >= 0.6 is 0 Å². The third-order valence-corrected chi connectivity index (χ3v) is 3.52. The Morgan fingerprint density at radius 2 is 2.28 bits per heavy atom. The van der Waals surface area contributed by atoms with Crippen LogP contribution in [0.5, 0.6) is 0 Å². The molecule has 1 atom stereocenters. The normalized spacial score (nSPS) is 23.7. The average molecular weight is 249 g/mol. The van der Waals surface area contributed by atoms with E-state index in [-0.39, 0.29) is 24.5 Å². The van der Waals surface area contributed by atoms with Crippen LogP contribution in [0.15, 0.2) is 10.6 Å². The molecule has 1 aromatic heterocycles. The molecule has 2 fully saturated rings. The van der Waals surface area contributed by atoms with E-state index in [4.69, 9.17) is 4.52 Å². The van der Waals surface area contributed by atoms with Gasteiger partial charge in [-0.1, -0.05) is 5.16 Å². The maximum Gasteiger partial charge on any atom is 0.327 e. The topological polar surface area (TPSA) is 66.7 Å². The zero-order chi connectivity index (χ0) is 12.7. The summed E-state index contributed by atoms with van der Waals surface area (Å²) in [6, 6.07) is 1.30. The second kappa shape index (κ2) is 4.12. The van der Waals surface area contributed by atoms with Gasteiger partial charge in [-0.3, -0.25) is 9.69 Å². The number of piperidine rings is 1. The van der Waals surface area contributed by atoms with Crippen molar-refractivity contribution in [3.63, 3.8) is 0 Å². The van der Waals surface area contributed by atoms with E-state index in [9.17, 15) is 9.59 Å². The number of aryl methyl sites for hydroxylation is 1.